The van der Waals surface area contributed by atoms with E-state index in [1.165, 1.54) is 24.4 Å². The highest BCUT2D eigenvalue weighted by atomic mass is 32.2. The van der Waals surface area contributed by atoms with E-state index in [-0.39, 0.29) is 16.3 Å². The predicted octanol–water partition coefficient (Wildman–Crippen LogP) is 3.13. The quantitative estimate of drug-likeness (QED) is 0.700. The Morgan fingerprint density at radius 1 is 0.923 bits per heavy atom. The van der Waals surface area contributed by atoms with Gasteiger partial charge in [-0.15, -0.1) is 0 Å². The van der Waals surface area contributed by atoms with Crippen molar-refractivity contribution in [3.05, 3.63) is 83.4 Å². The van der Waals surface area contributed by atoms with Crippen LogP contribution >= 0.6 is 0 Å². The minimum atomic E-state index is -3.84. The summed E-state index contributed by atoms with van der Waals surface area (Å²) in [6.07, 6.45) is 3.04. The highest BCUT2D eigenvalue weighted by molar-refractivity contribution is 7.92. The first-order valence-electron chi connectivity index (χ1n) is 7.89. The maximum absolute atomic E-state index is 12.8. The molecule has 0 amide bonds. The topological polar surface area (TPSA) is 89.0 Å². The summed E-state index contributed by atoms with van der Waals surface area (Å²) in [6, 6.07) is 12.8. The summed E-state index contributed by atoms with van der Waals surface area (Å²) < 4.78 is 27.7. The van der Waals surface area contributed by atoms with E-state index in [1.807, 2.05) is 6.92 Å². The minimum Gasteiger partial charge on any atom is -0.287 e. The summed E-state index contributed by atoms with van der Waals surface area (Å²) in [5.74, 6) is -0.391. The van der Waals surface area contributed by atoms with Gasteiger partial charge in [0.05, 0.1) is 10.6 Å². The molecule has 2 heterocycles. The zero-order valence-corrected chi connectivity index (χ0v) is 15.1. The van der Waals surface area contributed by atoms with E-state index >= 15 is 0 Å². The number of carbonyl (C=O) groups is 1. The SMILES string of the molecule is Cc1ccc(S(=O)(=O)Nc2cccnc2C(=O)c2cccnc2C)cc1. The average molecular weight is 367 g/mol. The number of benzene rings is 1. The molecule has 0 aliphatic carbocycles. The first kappa shape index (κ1) is 17.8. The molecule has 6 nitrogen and oxygen atoms in total. The van der Waals surface area contributed by atoms with Crippen LogP contribution in [-0.4, -0.2) is 24.2 Å². The fourth-order valence-electron chi connectivity index (χ4n) is 2.44. The lowest BCUT2D eigenvalue weighted by molar-refractivity contribution is 0.103. The van der Waals surface area contributed by atoms with Gasteiger partial charge in [-0.2, -0.15) is 0 Å². The number of ketones is 1. The molecule has 0 aliphatic rings. The molecular weight excluding hydrogens is 350 g/mol. The van der Waals surface area contributed by atoms with Crippen LogP contribution in [0.15, 0.2) is 65.8 Å². The average Bonchev–Trinajstić information content (AvgIpc) is 2.62. The van der Waals surface area contributed by atoms with Crippen molar-refractivity contribution in [1.29, 1.82) is 0 Å². The van der Waals surface area contributed by atoms with Crippen molar-refractivity contribution in [3.63, 3.8) is 0 Å². The third-order valence-electron chi connectivity index (χ3n) is 3.85. The number of aromatic nitrogens is 2. The van der Waals surface area contributed by atoms with Gasteiger partial charge in [-0.3, -0.25) is 19.5 Å². The van der Waals surface area contributed by atoms with Gasteiger partial charge in [-0.1, -0.05) is 17.7 Å². The van der Waals surface area contributed by atoms with Crippen molar-refractivity contribution >= 4 is 21.5 Å². The molecule has 132 valence electrons. The zero-order valence-electron chi connectivity index (χ0n) is 14.3. The van der Waals surface area contributed by atoms with Gasteiger partial charge in [0.2, 0.25) is 5.78 Å². The van der Waals surface area contributed by atoms with Crippen LogP contribution in [0, 0.1) is 13.8 Å². The number of carbonyl (C=O) groups excluding carboxylic acids is 1. The van der Waals surface area contributed by atoms with E-state index in [4.69, 9.17) is 0 Å². The molecule has 0 aliphatic heterocycles. The molecule has 1 N–H and O–H groups in total. The third-order valence-corrected chi connectivity index (χ3v) is 5.23. The molecular formula is C19H17N3O3S. The second kappa shape index (κ2) is 7.05. The third kappa shape index (κ3) is 3.62. The summed E-state index contributed by atoms with van der Waals surface area (Å²) in [5, 5.41) is 0. The zero-order chi connectivity index (χ0) is 18.7. The van der Waals surface area contributed by atoms with Gasteiger partial charge in [-0.05, 0) is 50.2 Å². The highest BCUT2D eigenvalue weighted by Gasteiger charge is 2.21. The van der Waals surface area contributed by atoms with Crippen molar-refractivity contribution in [3.8, 4) is 0 Å². The molecule has 0 saturated carbocycles. The minimum absolute atomic E-state index is 0.0271. The standard InChI is InChI=1S/C19H17N3O3S/c1-13-7-9-15(10-8-13)26(24,25)22-17-6-4-12-21-18(17)19(23)16-5-3-11-20-14(16)2/h3-12,22H,1-2H3. The van der Waals surface area contributed by atoms with E-state index in [1.54, 1.807) is 43.5 Å². The van der Waals surface area contributed by atoms with Crippen LogP contribution in [0.25, 0.3) is 0 Å². The Balaban J connectivity index is 1.99. The van der Waals surface area contributed by atoms with Crippen molar-refractivity contribution in [1.82, 2.24) is 9.97 Å². The van der Waals surface area contributed by atoms with Crippen LogP contribution in [0.4, 0.5) is 5.69 Å². The van der Waals surface area contributed by atoms with E-state index in [0.717, 1.165) is 5.56 Å². The summed E-state index contributed by atoms with van der Waals surface area (Å²) in [6.45, 7) is 3.59. The Labute approximate surface area is 152 Å². The summed E-state index contributed by atoms with van der Waals surface area (Å²) >= 11 is 0. The van der Waals surface area contributed by atoms with Gasteiger partial charge >= 0.3 is 0 Å². The van der Waals surface area contributed by atoms with Crippen LogP contribution in [0.3, 0.4) is 0 Å². The van der Waals surface area contributed by atoms with Crippen molar-refractivity contribution in [2.45, 2.75) is 18.7 Å². The van der Waals surface area contributed by atoms with Gasteiger partial charge in [0.1, 0.15) is 5.69 Å². The van der Waals surface area contributed by atoms with E-state index < -0.39 is 15.8 Å². The Kier molecular flexibility index (Phi) is 4.81. The first-order valence-corrected chi connectivity index (χ1v) is 9.37. The number of rotatable bonds is 5. The molecule has 0 atom stereocenters. The van der Waals surface area contributed by atoms with Crippen LogP contribution < -0.4 is 4.72 Å². The summed E-state index contributed by atoms with van der Waals surface area (Å²) in [5.41, 5.74) is 2.03. The van der Waals surface area contributed by atoms with Gasteiger partial charge < -0.3 is 0 Å². The van der Waals surface area contributed by atoms with Crippen LogP contribution in [-0.2, 0) is 10.0 Å². The number of aryl methyl sites for hydroxylation is 2. The molecule has 3 rings (SSSR count). The molecule has 0 bridgehead atoms. The molecule has 0 radical (unpaired) electrons. The lowest BCUT2D eigenvalue weighted by Gasteiger charge is -2.12. The number of anilines is 1. The van der Waals surface area contributed by atoms with E-state index in [0.29, 0.717) is 11.3 Å². The predicted molar refractivity (Wildman–Crippen MR) is 98.6 cm³/mol. The maximum Gasteiger partial charge on any atom is 0.261 e. The van der Waals surface area contributed by atoms with Crippen molar-refractivity contribution in [2.75, 3.05) is 4.72 Å². The fraction of sp³-hybridized carbons (Fsp3) is 0.105. The Bertz CT molecular complexity index is 1060. The lowest BCUT2D eigenvalue weighted by atomic mass is 10.1. The Morgan fingerprint density at radius 2 is 1.58 bits per heavy atom. The number of nitrogens with one attached hydrogen (secondary N) is 1. The molecule has 2 aromatic heterocycles. The van der Waals surface area contributed by atoms with Crippen LogP contribution in [0.5, 0.6) is 0 Å². The molecule has 0 saturated heterocycles. The smallest absolute Gasteiger partial charge is 0.261 e. The second-order valence-corrected chi connectivity index (χ2v) is 7.47. The normalized spacial score (nSPS) is 11.2. The van der Waals surface area contributed by atoms with Crippen LogP contribution in [0.1, 0.15) is 27.3 Å². The highest BCUT2D eigenvalue weighted by Crippen LogP contribution is 2.22. The largest absolute Gasteiger partial charge is 0.287 e. The second-order valence-electron chi connectivity index (χ2n) is 5.78. The number of hydrogen-bond acceptors (Lipinski definition) is 5. The number of nitrogens with zero attached hydrogens (tertiary/aromatic N) is 2. The molecule has 1 aromatic carbocycles. The number of hydrogen-bond donors (Lipinski definition) is 1. The maximum atomic E-state index is 12.8. The summed E-state index contributed by atoms with van der Waals surface area (Å²) in [7, 11) is -3.84. The van der Waals surface area contributed by atoms with Gasteiger partial charge in [-0.25, -0.2) is 8.42 Å². The Morgan fingerprint density at radius 3 is 2.27 bits per heavy atom. The van der Waals surface area contributed by atoms with Gasteiger partial charge in [0.25, 0.3) is 10.0 Å². The molecule has 0 unspecified atom stereocenters. The van der Waals surface area contributed by atoms with E-state index in [2.05, 4.69) is 14.7 Å². The molecule has 0 spiro atoms. The number of pyridine rings is 2. The number of sulfonamides is 1. The fourth-order valence-corrected chi connectivity index (χ4v) is 3.51. The van der Waals surface area contributed by atoms with Crippen molar-refractivity contribution < 1.29 is 13.2 Å². The monoisotopic (exact) mass is 367 g/mol. The lowest BCUT2D eigenvalue weighted by Crippen LogP contribution is -2.17. The van der Waals surface area contributed by atoms with Gasteiger partial charge in [0.15, 0.2) is 0 Å². The molecule has 7 heteroatoms. The molecule has 3 aromatic rings. The van der Waals surface area contributed by atoms with Crippen molar-refractivity contribution in [2.24, 2.45) is 0 Å². The molecule has 0 fully saturated rings. The summed E-state index contributed by atoms with van der Waals surface area (Å²) in [4.78, 5) is 21.1. The first-order chi connectivity index (χ1) is 12.4. The van der Waals surface area contributed by atoms with Crippen LogP contribution in [0.2, 0.25) is 0 Å². The van der Waals surface area contributed by atoms with E-state index in [9.17, 15) is 13.2 Å². The van der Waals surface area contributed by atoms with Gasteiger partial charge in [0, 0.05) is 23.7 Å². The Hall–Kier alpha value is -3.06. The molecule has 26 heavy (non-hydrogen) atoms.